The molecular formula is C16H17FN2O. The van der Waals surface area contributed by atoms with E-state index >= 15 is 0 Å². The van der Waals surface area contributed by atoms with Gasteiger partial charge in [-0.15, -0.1) is 0 Å². The molecule has 1 aromatic heterocycles. The van der Waals surface area contributed by atoms with Gasteiger partial charge in [-0.05, 0) is 30.7 Å². The lowest BCUT2D eigenvalue weighted by Crippen LogP contribution is -2.21. The Labute approximate surface area is 117 Å². The summed E-state index contributed by atoms with van der Waals surface area (Å²) in [5.74, 6) is 0.533. The molecule has 0 bridgehead atoms. The molecule has 2 heterocycles. The van der Waals surface area contributed by atoms with Crippen LogP contribution >= 0.6 is 0 Å². The molecule has 0 amide bonds. The van der Waals surface area contributed by atoms with Gasteiger partial charge in [-0.25, -0.2) is 4.98 Å². The Hall–Kier alpha value is -1.94. The van der Waals surface area contributed by atoms with Crippen LogP contribution in [0.1, 0.15) is 18.1 Å². The summed E-state index contributed by atoms with van der Waals surface area (Å²) >= 11 is 0. The van der Waals surface area contributed by atoms with E-state index in [1.807, 2.05) is 18.2 Å². The number of benzene rings is 1. The Bertz CT molecular complexity index is 538. The molecule has 3 nitrogen and oxygen atoms in total. The van der Waals surface area contributed by atoms with Gasteiger partial charge in [-0.2, -0.15) is 4.39 Å². The predicted molar refractivity (Wildman–Crippen MR) is 75.0 cm³/mol. The summed E-state index contributed by atoms with van der Waals surface area (Å²) in [4.78, 5) is 3.65. The molecule has 3 rings (SSSR count). The number of pyridine rings is 1. The molecule has 1 saturated heterocycles. The molecule has 1 aliphatic rings. The van der Waals surface area contributed by atoms with Crippen molar-refractivity contribution in [3.8, 4) is 5.75 Å². The third kappa shape index (κ3) is 2.96. The molecule has 0 saturated carbocycles. The van der Waals surface area contributed by atoms with Gasteiger partial charge in [0.15, 0.2) is 0 Å². The lowest BCUT2D eigenvalue weighted by molar-refractivity contribution is 0.143. The molecule has 4 heteroatoms. The van der Waals surface area contributed by atoms with Crippen molar-refractivity contribution < 1.29 is 9.13 Å². The number of nitrogens with one attached hydrogen (secondary N) is 1. The standard InChI is InChI=1S/C16H17FN2O/c17-15-7-6-14(11-19-15)20-16(13-8-9-18-10-13)12-4-2-1-3-5-12/h1-7,11,13,16,18H,8-10H2. The normalized spacial score (nSPS) is 19.8. The average Bonchev–Trinajstić information content (AvgIpc) is 3.01. The summed E-state index contributed by atoms with van der Waals surface area (Å²) in [7, 11) is 0. The van der Waals surface area contributed by atoms with Crippen LogP contribution in [0, 0.1) is 11.9 Å². The zero-order valence-corrected chi connectivity index (χ0v) is 11.1. The topological polar surface area (TPSA) is 34.1 Å². The lowest BCUT2D eigenvalue weighted by Gasteiger charge is -2.24. The summed E-state index contributed by atoms with van der Waals surface area (Å²) in [6, 6.07) is 13.1. The number of hydrogen-bond acceptors (Lipinski definition) is 3. The van der Waals surface area contributed by atoms with Crippen LogP contribution in [0.5, 0.6) is 5.75 Å². The van der Waals surface area contributed by atoms with Gasteiger partial charge >= 0.3 is 0 Å². The first-order valence-electron chi connectivity index (χ1n) is 6.87. The summed E-state index contributed by atoms with van der Waals surface area (Å²) in [5.41, 5.74) is 1.14. The fraction of sp³-hybridized carbons (Fsp3) is 0.312. The predicted octanol–water partition coefficient (Wildman–Crippen LogP) is 2.95. The molecule has 2 aromatic rings. The van der Waals surface area contributed by atoms with Gasteiger partial charge in [-0.1, -0.05) is 30.3 Å². The summed E-state index contributed by atoms with van der Waals surface area (Å²) in [6.45, 7) is 1.95. The highest BCUT2D eigenvalue weighted by molar-refractivity contribution is 5.23. The fourth-order valence-corrected chi connectivity index (χ4v) is 2.59. The quantitative estimate of drug-likeness (QED) is 0.869. The van der Waals surface area contributed by atoms with Gasteiger partial charge in [0.25, 0.3) is 0 Å². The Morgan fingerprint density at radius 3 is 2.70 bits per heavy atom. The smallest absolute Gasteiger partial charge is 0.213 e. The minimum atomic E-state index is -0.490. The van der Waals surface area contributed by atoms with Gasteiger partial charge in [0, 0.05) is 12.5 Å². The number of rotatable bonds is 4. The third-order valence-corrected chi connectivity index (χ3v) is 3.62. The molecule has 0 aliphatic carbocycles. The van der Waals surface area contributed by atoms with Crippen LogP contribution in [0.4, 0.5) is 4.39 Å². The van der Waals surface area contributed by atoms with Crippen molar-refractivity contribution in [3.05, 3.63) is 60.2 Å². The second-order valence-corrected chi connectivity index (χ2v) is 5.02. The fourth-order valence-electron chi connectivity index (χ4n) is 2.59. The number of halogens is 1. The molecule has 1 aromatic carbocycles. The maximum atomic E-state index is 12.9. The molecule has 1 fully saturated rings. The maximum Gasteiger partial charge on any atom is 0.213 e. The van der Waals surface area contributed by atoms with Crippen LogP contribution in [-0.4, -0.2) is 18.1 Å². The van der Waals surface area contributed by atoms with E-state index in [2.05, 4.69) is 22.4 Å². The van der Waals surface area contributed by atoms with Crippen molar-refractivity contribution in [1.29, 1.82) is 0 Å². The lowest BCUT2D eigenvalue weighted by atomic mass is 9.95. The van der Waals surface area contributed by atoms with E-state index in [0.717, 1.165) is 25.1 Å². The highest BCUT2D eigenvalue weighted by atomic mass is 19.1. The molecule has 2 atom stereocenters. The summed E-state index contributed by atoms with van der Waals surface area (Å²) in [5, 5.41) is 3.36. The Morgan fingerprint density at radius 1 is 1.20 bits per heavy atom. The van der Waals surface area contributed by atoms with E-state index in [-0.39, 0.29) is 6.10 Å². The van der Waals surface area contributed by atoms with Crippen molar-refractivity contribution in [2.75, 3.05) is 13.1 Å². The van der Waals surface area contributed by atoms with E-state index in [0.29, 0.717) is 11.7 Å². The molecule has 104 valence electrons. The molecule has 2 unspecified atom stereocenters. The first-order chi connectivity index (χ1) is 9.83. The summed E-state index contributed by atoms with van der Waals surface area (Å²) in [6.07, 6.45) is 2.49. The summed E-state index contributed by atoms with van der Waals surface area (Å²) < 4.78 is 18.9. The van der Waals surface area contributed by atoms with E-state index in [9.17, 15) is 4.39 Å². The van der Waals surface area contributed by atoms with Gasteiger partial charge < -0.3 is 10.1 Å². The van der Waals surface area contributed by atoms with Crippen molar-refractivity contribution in [3.63, 3.8) is 0 Å². The van der Waals surface area contributed by atoms with Crippen molar-refractivity contribution in [2.45, 2.75) is 12.5 Å². The number of nitrogens with zero attached hydrogens (tertiary/aromatic N) is 1. The zero-order chi connectivity index (χ0) is 13.8. The van der Waals surface area contributed by atoms with E-state index in [1.54, 1.807) is 6.07 Å². The molecule has 0 radical (unpaired) electrons. The minimum absolute atomic E-state index is 0.0292. The highest BCUT2D eigenvalue weighted by Crippen LogP contribution is 2.31. The number of aromatic nitrogens is 1. The van der Waals surface area contributed by atoms with Gasteiger partial charge in [0.05, 0.1) is 6.20 Å². The highest BCUT2D eigenvalue weighted by Gasteiger charge is 2.28. The van der Waals surface area contributed by atoms with Crippen LogP contribution < -0.4 is 10.1 Å². The average molecular weight is 272 g/mol. The second-order valence-electron chi connectivity index (χ2n) is 5.02. The van der Waals surface area contributed by atoms with Crippen molar-refractivity contribution >= 4 is 0 Å². The minimum Gasteiger partial charge on any atom is -0.484 e. The van der Waals surface area contributed by atoms with E-state index in [4.69, 9.17) is 4.74 Å². The van der Waals surface area contributed by atoms with Crippen LogP contribution in [0.3, 0.4) is 0 Å². The first kappa shape index (κ1) is 13.1. The van der Waals surface area contributed by atoms with Gasteiger partial charge in [0.2, 0.25) is 5.95 Å². The van der Waals surface area contributed by atoms with Crippen molar-refractivity contribution in [2.24, 2.45) is 5.92 Å². The molecule has 20 heavy (non-hydrogen) atoms. The van der Waals surface area contributed by atoms with Gasteiger partial charge in [0.1, 0.15) is 11.9 Å². The largest absolute Gasteiger partial charge is 0.484 e. The van der Waals surface area contributed by atoms with E-state index in [1.165, 1.54) is 12.3 Å². The molecular weight excluding hydrogens is 255 g/mol. The van der Waals surface area contributed by atoms with Crippen LogP contribution in [0.2, 0.25) is 0 Å². The maximum absolute atomic E-state index is 12.9. The van der Waals surface area contributed by atoms with Crippen LogP contribution in [0.15, 0.2) is 48.7 Å². The Kier molecular flexibility index (Phi) is 3.92. The number of hydrogen-bond donors (Lipinski definition) is 1. The molecule has 1 aliphatic heterocycles. The van der Waals surface area contributed by atoms with Crippen LogP contribution in [-0.2, 0) is 0 Å². The third-order valence-electron chi connectivity index (χ3n) is 3.62. The first-order valence-corrected chi connectivity index (χ1v) is 6.87. The van der Waals surface area contributed by atoms with Gasteiger partial charge in [-0.3, -0.25) is 0 Å². The SMILES string of the molecule is Fc1ccc(OC(c2ccccc2)C2CCNC2)cn1. The molecule has 1 N–H and O–H groups in total. The monoisotopic (exact) mass is 272 g/mol. The Morgan fingerprint density at radius 2 is 2.05 bits per heavy atom. The number of ether oxygens (including phenoxy) is 1. The molecule has 0 spiro atoms. The van der Waals surface area contributed by atoms with Crippen LogP contribution in [0.25, 0.3) is 0 Å². The zero-order valence-electron chi connectivity index (χ0n) is 11.1. The van der Waals surface area contributed by atoms with E-state index < -0.39 is 5.95 Å². The van der Waals surface area contributed by atoms with Crippen molar-refractivity contribution in [1.82, 2.24) is 10.3 Å². The second kappa shape index (κ2) is 6.01. The Balaban J connectivity index is 1.83.